The summed E-state index contributed by atoms with van der Waals surface area (Å²) in [7, 11) is 1.80. The molecule has 1 heterocycles. The van der Waals surface area contributed by atoms with Crippen molar-refractivity contribution in [1.29, 1.82) is 0 Å². The van der Waals surface area contributed by atoms with Crippen LogP contribution >= 0.6 is 0 Å². The summed E-state index contributed by atoms with van der Waals surface area (Å²) in [5, 5.41) is 0. The minimum Gasteiger partial charge on any atom is -0.396 e. The van der Waals surface area contributed by atoms with Gasteiger partial charge < -0.3 is 10.3 Å². The molecule has 2 aromatic rings. The maximum absolute atomic E-state index is 13.2. The Balaban J connectivity index is 2.27. The zero-order valence-electron chi connectivity index (χ0n) is 9.35. The molecular formula is C12H12FN3O. The molecule has 0 saturated carbocycles. The van der Waals surface area contributed by atoms with Crippen molar-refractivity contribution in [2.45, 2.75) is 6.42 Å². The highest BCUT2D eigenvalue weighted by atomic mass is 19.1. The maximum atomic E-state index is 13.2. The van der Waals surface area contributed by atoms with Crippen LogP contribution in [0.1, 0.15) is 16.2 Å². The number of nitrogen functional groups attached to an aromatic ring is 1. The van der Waals surface area contributed by atoms with Crippen LogP contribution < -0.4 is 5.73 Å². The van der Waals surface area contributed by atoms with E-state index in [0.29, 0.717) is 5.82 Å². The van der Waals surface area contributed by atoms with Gasteiger partial charge in [0.15, 0.2) is 5.78 Å². The molecule has 0 aliphatic rings. The fourth-order valence-corrected chi connectivity index (χ4v) is 1.59. The van der Waals surface area contributed by atoms with E-state index in [1.807, 2.05) is 0 Å². The average molecular weight is 233 g/mol. The standard InChI is InChI=1S/C12H12FN3O/c1-16-6-5-15-11(16)7-10(17)8-3-2-4-9(13)12(8)14/h2-6H,7,14H2,1H3. The number of nitrogens with two attached hydrogens (primary N) is 1. The molecule has 1 aromatic heterocycles. The van der Waals surface area contributed by atoms with Gasteiger partial charge in [-0.25, -0.2) is 9.37 Å². The second-order valence-corrected chi connectivity index (χ2v) is 3.76. The molecule has 0 unspecified atom stereocenters. The highest BCUT2D eigenvalue weighted by Gasteiger charge is 2.14. The molecule has 0 atom stereocenters. The van der Waals surface area contributed by atoms with Crippen LogP contribution in [0.5, 0.6) is 0 Å². The largest absolute Gasteiger partial charge is 0.396 e. The zero-order valence-corrected chi connectivity index (χ0v) is 9.35. The van der Waals surface area contributed by atoms with E-state index in [4.69, 9.17) is 5.73 Å². The first-order valence-electron chi connectivity index (χ1n) is 5.13. The monoisotopic (exact) mass is 233 g/mol. The first-order chi connectivity index (χ1) is 8.09. The number of rotatable bonds is 3. The minimum atomic E-state index is -0.573. The number of carbonyl (C=O) groups is 1. The number of imidazole rings is 1. The Morgan fingerprint density at radius 2 is 2.29 bits per heavy atom. The van der Waals surface area contributed by atoms with Crippen molar-refractivity contribution >= 4 is 11.5 Å². The predicted molar refractivity (Wildman–Crippen MR) is 62.1 cm³/mol. The second-order valence-electron chi connectivity index (χ2n) is 3.76. The van der Waals surface area contributed by atoms with Crippen molar-refractivity contribution in [2.24, 2.45) is 7.05 Å². The molecule has 0 spiro atoms. The van der Waals surface area contributed by atoms with Crippen LogP contribution in [0.2, 0.25) is 0 Å². The summed E-state index contributed by atoms with van der Waals surface area (Å²) in [5.74, 6) is -0.189. The van der Waals surface area contributed by atoms with E-state index in [1.54, 1.807) is 24.0 Å². The van der Waals surface area contributed by atoms with E-state index in [0.717, 1.165) is 0 Å². The lowest BCUT2D eigenvalue weighted by molar-refractivity contribution is 0.0990. The van der Waals surface area contributed by atoms with Crippen LogP contribution in [0.3, 0.4) is 0 Å². The van der Waals surface area contributed by atoms with Crippen LogP contribution in [0, 0.1) is 5.82 Å². The second kappa shape index (κ2) is 4.37. The molecule has 0 saturated heterocycles. The fraction of sp³-hybridized carbons (Fsp3) is 0.167. The Hall–Kier alpha value is -2.17. The zero-order chi connectivity index (χ0) is 12.4. The lowest BCUT2D eigenvalue weighted by atomic mass is 10.1. The van der Waals surface area contributed by atoms with Crippen molar-refractivity contribution in [3.05, 3.63) is 47.8 Å². The molecule has 5 heteroatoms. The number of benzene rings is 1. The van der Waals surface area contributed by atoms with E-state index >= 15 is 0 Å². The fourth-order valence-electron chi connectivity index (χ4n) is 1.59. The third-order valence-electron chi connectivity index (χ3n) is 2.59. The minimum absolute atomic E-state index is 0.105. The Labute approximate surface area is 97.9 Å². The number of hydrogen-bond donors (Lipinski definition) is 1. The molecule has 1 aromatic carbocycles. The molecule has 0 aliphatic heterocycles. The van der Waals surface area contributed by atoms with Crippen LogP contribution in [0.15, 0.2) is 30.6 Å². The molecule has 88 valence electrons. The highest BCUT2D eigenvalue weighted by Crippen LogP contribution is 2.17. The van der Waals surface area contributed by atoms with E-state index in [-0.39, 0.29) is 23.5 Å². The number of Topliss-reactive ketones (excluding diaryl/α,β-unsaturated/α-hetero) is 1. The van der Waals surface area contributed by atoms with Crippen LogP contribution in [-0.2, 0) is 13.5 Å². The number of hydrogen-bond acceptors (Lipinski definition) is 3. The number of carbonyl (C=O) groups excluding carboxylic acids is 1. The Morgan fingerprint density at radius 3 is 2.94 bits per heavy atom. The molecular weight excluding hydrogens is 221 g/mol. The van der Waals surface area contributed by atoms with Crippen molar-refractivity contribution in [1.82, 2.24) is 9.55 Å². The first kappa shape index (κ1) is 11.3. The van der Waals surface area contributed by atoms with Crippen molar-refractivity contribution in [2.75, 3.05) is 5.73 Å². The number of ketones is 1. The number of nitrogens with zero attached hydrogens (tertiary/aromatic N) is 2. The molecule has 2 rings (SSSR count). The molecule has 0 fully saturated rings. The number of aryl methyl sites for hydroxylation is 1. The van der Waals surface area contributed by atoms with E-state index < -0.39 is 5.82 Å². The van der Waals surface area contributed by atoms with Crippen molar-refractivity contribution in [3.63, 3.8) is 0 Å². The van der Waals surface area contributed by atoms with Gasteiger partial charge in [0.25, 0.3) is 0 Å². The normalized spacial score (nSPS) is 10.5. The predicted octanol–water partition coefficient (Wildman–Crippen LogP) is 1.57. The number of halogens is 1. The first-order valence-corrected chi connectivity index (χ1v) is 5.13. The van der Waals surface area contributed by atoms with Gasteiger partial charge in [-0.15, -0.1) is 0 Å². The van der Waals surface area contributed by atoms with E-state index in [1.165, 1.54) is 18.2 Å². The van der Waals surface area contributed by atoms with Gasteiger partial charge in [0.2, 0.25) is 0 Å². The van der Waals surface area contributed by atoms with Crippen LogP contribution in [0.25, 0.3) is 0 Å². The lowest BCUT2D eigenvalue weighted by Crippen LogP contribution is -2.11. The van der Waals surface area contributed by atoms with Gasteiger partial charge in [-0.2, -0.15) is 0 Å². The molecule has 17 heavy (non-hydrogen) atoms. The number of aromatic nitrogens is 2. The summed E-state index contributed by atoms with van der Waals surface area (Å²) < 4.78 is 14.9. The maximum Gasteiger partial charge on any atom is 0.172 e. The average Bonchev–Trinajstić information content (AvgIpc) is 2.68. The van der Waals surface area contributed by atoms with Gasteiger partial charge >= 0.3 is 0 Å². The van der Waals surface area contributed by atoms with Gasteiger partial charge in [0.1, 0.15) is 11.6 Å². The van der Waals surface area contributed by atoms with Crippen molar-refractivity contribution < 1.29 is 9.18 Å². The summed E-state index contributed by atoms with van der Waals surface area (Å²) in [6, 6.07) is 4.22. The van der Waals surface area contributed by atoms with Crippen LogP contribution in [-0.4, -0.2) is 15.3 Å². The molecule has 0 aliphatic carbocycles. The summed E-state index contributed by atoms with van der Waals surface area (Å²) in [6.07, 6.45) is 3.46. The van der Waals surface area contributed by atoms with Gasteiger partial charge in [-0.1, -0.05) is 6.07 Å². The molecule has 4 nitrogen and oxygen atoms in total. The topological polar surface area (TPSA) is 60.9 Å². The van der Waals surface area contributed by atoms with E-state index in [2.05, 4.69) is 4.98 Å². The number of anilines is 1. The van der Waals surface area contributed by atoms with Crippen LogP contribution in [0.4, 0.5) is 10.1 Å². The summed E-state index contributed by atoms with van der Waals surface area (Å²) >= 11 is 0. The van der Waals surface area contributed by atoms with Crippen molar-refractivity contribution in [3.8, 4) is 0 Å². The Bertz CT molecular complexity index is 563. The van der Waals surface area contributed by atoms with Gasteiger partial charge in [-0.05, 0) is 12.1 Å². The lowest BCUT2D eigenvalue weighted by Gasteiger charge is -2.05. The third kappa shape index (κ3) is 2.18. The smallest absolute Gasteiger partial charge is 0.172 e. The van der Waals surface area contributed by atoms with Gasteiger partial charge in [0.05, 0.1) is 12.1 Å². The van der Waals surface area contributed by atoms with Gasteiger partial charge in [0, 0.05) is 25.0 Å². The summed E-state index contributed by atoms with van der Waals surface area (Å²) in [6.45, 7) is 0. The molecule has 0 amide bonds. The molecule has 2 N–H and O–H groups in total. The van der Waals surface area contributed by atoms with E-state index in [9.17, 15) is 9.18 Å². The molecule has 0 radical (unpaired) electrons. The SMILES string of the molecule is Cn1ccnc1CC(=O)c1cccc(F)c1N. The summed E-state index contributed by atoms with van der Waals surface area (Å²) in [4.78, 5) is 16.0. The molecule has 0 bridgehead atoms. The third-order valence-corrected chi connectivity index (χ3v) is 2.59. The quantitative estimate of drug-likeness (QED) is 0.646. The Kier molecular flexibility index (Phi) is 2.91. The van der Waals surface area contributed by atoms with Gasteiger partial charge in [-0.3, -0.25) is 4.79 Å². The highest BCUT2D eigenvalue weighted by molar-refractivity contribution is 6.01. The summed E-state index contributed by atoms with van der Waals surface area (Å²) in [5.41, 5.74) is 5.62. The Morgan fingerprint density at radius 1 is 1.53 bits per heavy atom. The number of para-hydroxylation sites is 1.